The minimum absolute atomic E-state index is 0.278. The highest BCUT2D eigenvalue weighted by Gasteiger charge is 2.45. The number of isocyanates is 1. The molecule has 1 saturated carbocycles. The van der Waals surface area contributed by atoms with Crippen LogP contribution < -0.4 is 4.74 Å². The highest BCUT2D eigenvalue weighted by Crippen LogP contribution is 2.50. The first-order valence-corrected chi connectivity index (χ1v) is 5.24. The summed E-state index contributed by atoms with van der Waals surface area (Å²) in [6, 6.07) is 2.44. The Hall–Kier alpha value is -2.20. The molecule has 6 heteroatoms. The Balaban J connectivity index is 2.58. The average molecular weight is 251 g/mol. The lowest BCUT2D eigenvalue weighted by atomic mass is 10.0. The Morgan fingerprint density at radius 3 is 2.67 bits per heavy atom. The Labute approximate surface area is 102 Å². The van der Waals surface area contributed by atoms with Crippen LogP contribution in [-0.4, -0.2) is 24.3 Å². The van der Waals surface area contributed by atoms with Crippen LogP contribution in [0.5, 0.6) is 5.75 Å². The molecule has 5 nitrogen and oxygen atoms in total. The highest BCUT2D eigenvalue weighted by molar-refractivity contribution is 5.91. The molecule has 18 heavy (non-hydrogen) atoms. The number of carboxylic acid groups (broad SMARTS) is 1. The van der Waals surface area contributed by atoms with Gasteiger partial charge in [0.05, 0.1) is 12.6 Å². The summed E-state index contributed by atoms with van der Waals surface area (Å²) < 4.78 is 18.5. The van der Waals surface area contributed by atoms with Crippen molar-refractivity contribution >= 4 is 12.0 Å². The third-order valence-electron chi connectivity index (χ3n) is 3.00. The Morgan fingerprint density at radius 1 is 1.56 bits per heavy atom. The van der Waals surface area contributed by atoms with Crippen molar-refractivity contribution in [2.24, 2.45) is 4.99 Å². The van der Waals surface area contributed by atoms with Gasteiger partial charge in [0.1, 0.15) is 5.56 Å². The van der Waals surface area contributed by atoms with Crippen LogP contribution in [0.3, 0.4) is 0 Å². The molecule has 0 amide bonds. The molecule has 1 fully saturated rings. The normalized spacial score (nSPS) is 15.7. The highest BCUT2D eigenvalue weighted by atomic mass is 19.1. The predicted octanol–water partition coefficient (Wildman–Crippen LogP) is 1.86. The summed E-state index contributed by atoms with van der Waals surface area (Å²) in [5, 5.41) is 9.01. The van der Waals surface area contributed by atoms with E-state index in [0.717, 1.165) is 6.07 Å². The number of hydrogen-bond donors (Lipinski definition) is 1. The van der Waals surface area contributed by atoms with Gasteiger partial charge < -0.3 is 9.84 Å². The van der Waals surface area contributed by atoms with Crippen molar-refractivity contribution < 1.29 is 23.8 Å². The zero-order valence-electron chi connectivity index (χ0n) is 9.57. The lowest BCUT2D eigenvalue weighted by Gasteiger charge is -2.12. The van der Waals surface area contributed by atoms with E-state index in [2.05, 4.69) is 4.99 Å². The van der Waals surface area contributed by atoms with Gasteiger partial charge in [-0.15, -0.1) is 0 Å². The van der Waals surface area contributed by atoms with Crippen LogP contribution in [0.2, 0.25) is 0 Å². The first-order chi connectivity index (χ1) is 8.54. The Bertz CT molecular complexity index is 559. The summed E-state index contributed by atoms with van der Waals surface area (Å²) >= 11 is 0. The first kappa shape index (κ1) is 12.3. The lowest BCUT2D eigenvalue weighted by molar-refractivity contribution is 0.0692. The number of aliphatic imine (C=N–C) groups is 1. The summed E-state index contributed by atoms with van der Waals surface area (Å²) in [5.41, 5.74) is -0.722. The van der Waals surface area contributed by atoms with E-state index >= 15 is 0 Å². The number of carboxylic acids is 1. The van der Waals surface area contributed by atoms with Crippen LogP contribution in [0.1, 0.15) is 28.8 Å². The second-order valence-corrected chi connectivity index (χ2v) is 4.08. The standard InChI is InChI=1S/C12H10FNO4/c1-18-10-8(11(16)17)4-7(5-9(10)13)12(2-3-12)14-6-15/h4-5H,2-3H2,1H3,(H,16,17). The van der Waals surface area contributed by atoms with Crippen molar-refractivity contribution in [1.29, 1.82) is 0 Å². The van der Waals surface area contributed by atoms with Gasteiger partial charge in [-0.2, -0.15) is 4.99 Å². The van der Waals surface area contributed by atoms with Crippen LogP contribution >= 0.6 is 0 Å². The number of ether oxygens (including phenoxy) is 1. The number of methoxy groups -OCH3 is 1. The molecule has 94 valence electrons. The van der Waals surface area contributed by atoms with Crippen molar-refractivity contribution in [2.45, 2.75) is 18.4 Å². The summed E-state index contributed by atoms with van der Waals surface area (Å²) in [7, 11) is 1.20. The van der Waals surface area contributed by atoms with Gasteiger partial charge in [0.25, 0.3) is 0 Å². The predicted molar refractivity (Wildman–Crippen MR) is 58.9 cm³/mol. The quantitative estimate of drug-likeness (QED) is 0.654. The van der Waals surface area contributed by atoms with E-state index in [1.807, 2.05) is 0 Å². The van der Waals surface area contributed by atoms with Crippen LogP contribution in [0.4, 0.5) is 4.39 Å². The average Bonchev–Trinajstić information content (AvgIpc) is 3.09. The SMILES string of the molecule is COc1c(F)cc(C2(N=C=O)CC2)cc1C(=O)O. The summed E-state index contributed by atoms with van der Waals surface area (Å²) in [5.74, 6) is -2.39. The van der Waals surface area contributed by atoms with E-state index in [9.17, 15) is 14.0 Å². The molecule has 0 unspecified atom stereocenters. The van der Waals surface area contributed by atoms with Crippen molar-refractivity contribution in [3.8, 4) is 5.75 Å². The fourth-order valence-corrected chi connectivity index (χ4v) is 1.90. The smallest absolute Gasteiger partial charge is 0.339 e. The fourth-order valence-electron chi connectivity index (χ4n) is 1.90. The number of hydrogen-bond acceptors (Lipinski definition) is 4. The summed E-state index contributed by atoms with van der Waals surface area (Å²) in [4.78, 5) is 25.0. The molecule has 0 atom stereocenters. The minimum Gasteiger partial charge on any atom is -0.493 e. The molecule has 0 radical (unpaired) electrons. The summed E-state index contributed by atoms with van der Waals surface area (Å²) in [6.07, 6.45) is 2.59. The molecule has 0 spiro atoms. The third-order valence-corrected chi connectivity index (χ3v) is 3.00. The molecule has 1 N–H and O–H groups in total. The number of halogens is 1. The van der Waals surface area contributed by atoms with E-state index in [0.29, 0.717) is 18.4 Å². The third kappa shape index (κ3) is 1.87. The Kier molecular flexibility index (Phi) is 2.88. The van der Waals surface area contributed by atoms with Gasteiger partial charge in [-0.3, -0.25) is 0 Å². The molecular weight excluding hydrogens is 241 g/mol. The molecule has 0 heterocycles. The fraction of sp³-hybridized carbons (Fsp3) is 0.333. The van der Waals surface area contributed by atoms with E-state index in [-0.39, 0.29) is 11.3 Å². The van der Waals surface area contributed by atoms with E-state index in [1.165, 1.54) is 19.3 Å². The summed E-state index contributed by atoms with van der Waals surface area (Å²) in [6.45, 7) is 0. The van der Waals surface area contributed by atoms with E-state index < -0.39 is 17.3 Å². The molecule has 1 aliphatic carbocycles. The van der Waals surface area contributed by atoms with Gasteiger partial charge in [0.15, 0.2) is 11.6 Å². The molecule has 0 aromatic heterocycles. The second kappa shape index (κ2) is 4.23. The largest absolute Gasteiger partial charge is 0.493 e. The Morgan fingerprint density at radius 2 is 2.22 bits per heavy atom. The molecule has 1 aromatic rings. The van der Waals surface area contributed by atoms with Crippen molar-refractivity contribution in [3.05, 3.63) is 29.1 Å². The van der Waals surface area contributed by atoms with Gasteiger partial charge in [-0.25, -0.2) is 14.0 Å². The van der Waals surface area contributed by atoms with Gasteiger partial charge in [-0.05, 0) is 30.5 Å². The molecule has 1 aromatic carbocycles. The number of carbonyl (C=O) groups is 1. The second-order valence-electron chi connectivity index (χ2n) is 4.08. The van der Waals surface area contributed by atoms with Crippen LogP contribution in [0.15, 0.2) is 17.1 Å². The zero-order chi connectivity index (χ0) is 13.3. The molecule has 0 bridgehead atoms. The molecule has 1 aliphatic rings. The lowest BCUT2D eigenvalue weighted by Crippen LogP contribution is -2.09. The maximum atomic E-state index is 13.7. The first-order valence-electron chi connectivity index (χ1n) is 5.24. The number of benzene rings is 1. The minimum atomic E-state index is -1.29. The zero-order valence-corrected chi connectivity index (χ0v) is 9.57. The van der Waals surface area contributed by atoms with E-state index in [4.69, 9.17) is 9.84 Å². The van der Waals surface area contributed by atoms with Gasteiger partial charge in [0.2, 0.25) is 6.08 Å². The van der Waals surface area contributed by atoms with Gasteiger partial charge in [-0.1, -0.05) is 0 Å². The monoisotopic (exact) mass is 251 g/mol. The van der Waals surface area contributed by atoms with E-state index in [1.54, 1.807) is 0 Å². The van der Waals surface area contributed by atoms with Crippen molar-refractivity contribution in [2.75, 3.05) is 7.11 Å². The molecular formula is C12H10FNO4. The molecule has 0 aliphatic heterocycles. The topological polar surface area (TPSA) is 76.0 Å². The maximum Gasteiger partial charge on any atom is 0.339 e. The maximum absolute atomic E-state index is 13.7. The van der Waals surface area contributed by atoms with Crippen molar-refractivity contribution in [1.82, 2.24) is 0 Å². The van der Waals surface area contributed by atoms with Crippen LogP contribution in [0.25, 0.3) is 0 Å². The van der Waals surface area contributed by atoms with Crippen LogP contribution in [-0.2, 0) is 10.3 Å². The number of aromatic carboxylic acids is 1. The number of nitrogens with zero attached hydrogens (tertiary/aromatic N) is 1. The van der Waals surface area contributed by atoms with Gasteiger partial charge in [0, 0.05) is 0 Å². The van der Waals surface area contributed by atoms with Crippen LogP contribution in [0, 0.1) is 5.82 Å². The van der Waals surface area contributed by atoms with Gasteiger partial charge >= 0.3 is 5.97 Å². The number of rotatable bonds is 4. The number of carbonyl (C=O) groups excluding carboxylic acids is 1. The molecule has 0 saturated heterocycles. The van der Waals surface area contributed by atoms with Crippen molar-refractivity contribution in [3.63, 3.8) is 0 Å². The molecule has 2 rings (SSSR count).